The molecule has 2 saturated heterocycles. The number of piperidine rings is 1. The maximum Gasteiger partial charge on any atom is 0.251 e. The zero-order valence-electron chi connectivity index (χ0n) is 5.50. The first-order chi connectivity index (χ1) is 4.88. The number of carbonyl (C=O) groups excluding carboxylic acids is 1. The smallest absolute Gasteiger partial charge is 0.251 e. The highest BCUT2D eigenvalue weighted by Crippen LogP contribution is 2.18. The van der Waals surface area contributed by atoms with E-state index in [1.807, 2.05) is 0 Å². The predicted octanol–water partition coefficient (Wildman–Crippen LogP) is -0.752. The fraction of sp³-hybridized carbons (Fsp3) is 0.833. The minimum atomic E-state index is -0.339. The summed E-state index contributed by atoms with van der Waals surface area (Å²) in [6.45, 7) is 0.978. The molecule has 10 heavy (non-hydrogen) atoms. The van der Waals surface area contributed by atoms with Crippen molar-refractivity contribution >= 4 is 5.91 Å². The number of rotatable bonds is 0. The van der Waals surface area contributed by atoms with E-state index in [1.54, 1.807) is 0 Å². The third kappa shape index (κ3) is 0.803. The molecule has 4 nitrogen and oxygen atoms in total. The molecule has 2 unspecified atom stereocenters. The molecule has 2 aliphatic heterocycles. The lowest BCUT2D eigenvalue weighted by Crippen LogP contribution is -2.47. The van der Waals surface area contributed by atoms with E-state index in [1.165, 1.54) is 0 Å². The first-order valence-corrected chi connectivity index (χ1v) is 3.39. The van der Waals surface area contributed by atoms with E-state index in [0.717, 1.165) is 6.42 Å². The minimum absolute atomic E-state index is 0.00810. The van der Waals surface area contributed by atoms with Gasteiger partial charge < -0.3 is 14.8 Å². The first kappa shape index (κ1) is 6.12. The van der Waals surface area contributed by atoms with Gasteiger partial charge in [-0.25, -0.2) is 0 Å². The van der Waals surface area contributed by atoms with Gasteiger partial charge in [0, 0.05) is 6.54 Å². The highest BCUT2D eigenvalue weighted by Gasteiger charge is 2.37. The molecule has 0 aliphatic carbocycles. The van der Waals surface area contributed by atoms with Crippen molar-refractivity contribution in [2.24, 2.45) is 0 Å². The predicted molar refractivity (Wildman–Crippen MR) is 32.2 cm³/mol. The molecule has 4 heteroatoms. The number of ether oxygens (including phenoxy) is 2. The molecular formula is C6H9NO3. The molecule has 0 bridgehead atoms. The second-order valence-electron chi connectivity index (χ2n) is 2.49. The van der Waals surface area contributed by atoms with Crippen LogP contribution in [0.15, 0.2) is 0 Å². The van der Waals surface area contributed by atoms with Gasteiger partial charge in [0.15, 0.2) is 6.10 Å². The summed E-state index contributed by atoms with van der Waals surface area (Å²) >= 11 is 0. The Kier molecular flexibility index (Phi) is 1.35. The van der Waals surface area contributed by atoms with Crippen LogP contribution in [0.25, 0.3) is 0 Å². The number of nitrogens with one attached hydrogen (secondary N) is 1. The zero-order valence-corrected chi connectivity index (χ0v) is 5.50. The van der Waals surface area contributed by atoms with Gasteiger partial charge in [-0.05, 0) is 6.42 Å². The molecule has 1 amide bonds. The number of hydrogen-bond donors (Lipinski definition) is 1. The van der Waals surface area contributed by atoms with Gasteiger partial charge in [-0.15, -0.1) is 0 Å². The van der Waals surface area contributed by atoms with Crippen LogP contribution in [0.5, 0.6) is 0 Å². The van der Waals surface area contributed by atoms with E-state index in [-0.39, 0.29) is 24.9 Å². The summed E-state index contributed by atoms with van der Waals surface area (Å²) in [4.78, 5) is 11.0. The fourth-order valence-corrected chi connectivity index (χ4v) is 1.31. The normalized spacial score (nSPS) is 39.0. The molecule has 0 saturated carbocycles. The highest BCUT2D eigenvalue weighted by molar-refractivity contribution is 5.82. The summed E-state index contributed by atoms with van der Waals surface area (Å²) in [6, 6.07) is 0. The molecule has 2 atom stereocenters. The second-order valence-corrected chi connectivity index (χ2v) is 2.49. The maximum atomic E-state index is 11.0. The van der Waals surface area contributed by atoms with E-state index in [2.05, 4.69) is 5.32 Å². The van der Waals surface area contributed by atoms with Crippen molar-refractivity contribution in [3.05, 3.63) is 0 Å². The van der Waals surface area contributed by atoms with E-state index >= 15 is 0 Å². The van der Waals surface area contributed by atoms with E-state index in [4.69, 9.17) is 9.47 Å². The Morgan fingerprint density at radius 2 is 2.40 bits per heavy atom. The molecule has 2 rings (SSSR count). The number of hydrogen-bond acceptors (Lipinski definition) is 3. The van der Waals surface area contributed by atoms with Crippen LogP contribution in [-0.4, -0.2) is 31.5 Å². The van der Waals surface area contributed by atoms with Gasteiger partial charge >= 0.3 is 0 Å². The summed E-state index contributed by atoms with van der Waals surface area (Å²) in [5.74, 6) is -0.0336. The van der Waals surface area contributed by atoms with Gasteiger partial charge in [-0.3, -0.25) is 4.79 Å². The van der Waals surface area contributed by atoms with Crippen molar-refractivity contribution in [2.45, 2.75) is 18.6 Å². The van der Waals surface area contributed by atoms with Crippen LogP contribution >= 0.6 is 0 Å². The van der Waals surface area contributed by atoms with Gasteiger partial charge in [-0.1, -0.05) is 0 Å². The van der Waals surface area contributed by atoms with Crippen molar-refractivity contribution in [3.63, 3.8) is 0 Å². The summed E-state index contributed by atoms with van der Waals surface area (Å²) in [5, 5.41) is 2.71. The molecule has 0 aromatic rings. The van der Waals surface area contributed by atoms with Crippen LogP contribution in [0, 0.1) is 0 Å². The Balaban J connectivity index is 2.10. The van der Waals surface area contributed by atoms with E-state index in [9.17, 15) is 4.79 Å². The Morgan fingerprint density at radius 3 is 3.20 bits per heavy atom. The average molecular weight is 143 g/mol. The van der Waals surface area contributed by atoms with Crippen LogP contribution in [0.1, 0.15) is 6.42 Å². The Morgan fingerprint density at radius 1 is 1.50 bits per heavy atom. The standard InChI is InChI=1S/C6H9NO3/c8-6-5-4(1-2-7-6)9-3-10-5/h4-5H,1-3H2,(H,7,8). The summed E-state index contributed by atoms with van der Waals surface area (Å²) in [5.41, 5.74) is 0. The molecule has 2 aliphatic rings. The minimum Gasteiger partial charge on any atom is -0.354 e. The Bertz CT molecular complexity index is 159. The second kappa shape index (κ2) is 2.21. The number of fused-ring (bicyclic) bond motifs is 1. The fourth-order valence-electron chi connectivity index (χ4n) is 1.31. The summed E-state index contributed by atoms with van der Waals surface area (Å²) < 4.78 is 10.2. The topological polar surface area (TPSA) is 47.6 Å². The van der Waals surface area contributed by atoms with Gasteiger partial charge in [0.2, 0.25) is 0 Å². The van der Waals surface area contributed by atoms with E-state index in [0.29, 0.717) is 6.54 Å². The zero-order chi connectivity index (χ0) is 6.97. The molecule has 0 radical (unpaired) electrons. The van der Waals surface area contributed by atoms with Gasteiger partial charge in [0.25, 0.3) is 5.91 Å². The Hall–Kier alpha value is -0.610. The molecule has 0 aromatic heterocycles. The van der Waals surface area contributed by atoms with Crippen LogP contribution in [0.2, 0.25) is 0 Å². The number of amides is 1. The van der Waals surface area contributed by atoms with E-state index < -0.39 is 0 Å². The van der Waals surface area contributed by atoms with Crippen molar-refractivity contribution in [1.82, 2.24) is 5.32 Å². The van der Waals surface area contributed by atoms with Crippen molar-refractivity contribution in [2.75, 3.05) is 13.3 Å². The van der Waals surface area contributed by atoms with Crippen molar-refractivity contribution in [1.29, 1.82) is 0 Å². The largest absolute Gasteiger partial charge is 0.354 e. The quantitative estimate of drug-likeness (QED) is 0.485. The molecular weight excluding hydrogens is 134 g/mol. The van der Waals surface area contributed by atoms with Crippen LogP contribution < -0.4 is 5.32 Å². The van der Waals surface area contributed by atoms with Crippen molar-refractivity contribution < 1.29 is 14.3 Å². The Labute approximate surface area is 58.5 Å². The van der Waals surface area contributed by atoms with Crippen molar-refractivity contribution in [3.8, 4) is 0 Å². The third-order valence-electron chi connectivity index (χ3n) is 1.85. The highest BCUT2D eigenvalue weighted by atomic mass is 16.7. The summed E-state index contributed by atoms with van der Waals surface area (Å²) in [7, 11) is 0. The van der Waals surface area contributed by atoms with Gasteiger partial charge in [0.1, 0.15) is 6.79 Å². The number of carbonyl (C=O) groups is 1. The lowest BCUT2D eigenvalue weighted by atomic mass is 10.1. The van der Waals surface area contributed by atoms with Crippen LogP contribution in [0.4, 0.5) is 0 Å². The third-order valence-corrected chi connectivity index (χ3v) is 1.85. The molecule has 0 aromatic carbocycles. The first-order valence-electron chi connectivity index (χ1n) is 3.39. The SMILES string of the molecule is O=C1NCCC2OCOC12. The lowest BCUT2D eigenvalue weighted by molar-refractivity contribution is -0.132. The van der Waals surface area contributed by atoms with Gasteiger partial charge in [0.05, 0.1) is 6.10 Å². The lowest BCUT2D eigenvalue weighted by Gasteiger charge is -2.21. The molecule has 1 N–H and O–H groups in total. The molecule has 2 fully saturated rings. The maximum absolute atomic E-state index is 11.0. The van der Waals surface area contributed by atoms with Gasteiger partial charge in [-0.2, -0.15) is 0 Å². The monoisotopic (exact) mass is 143 g/mol. The van der Waals surface area contributed by atoms with Crippen LogP contribution in [0.3, 0.4) is 0 Å². The van der Waals surface area contributed by atoms with Crippen LogP contribution in [-0.2, 0) is 14.3 Å². The summed E-state index contributed by atoms with van der Waals surface area (Å²) in [6.07, 6.45) is 0.540. The molecule has 2 heterocycles. The average Bonchev–Trinajstić information content (AvgIpc) is 2.36. The molecule has 0 spiro atoms. The molecule has 56 valence electrons.